The Kier molecular flexibility index (Phi) is 6.00. The van der Waals surface area contributed by atoms with Gasteiger partial charge in [0.15, 0.2) is 0 Å². The zero-order chi connectivity index (χ0) is 15.1. The molecule has 0 radical (unpaired) electrons. The van der Waals surface area contributed by atoms with Crippen molar-refractivity contribution >= 4 is 12.0 Å². The molecule has 3 heteroatoms. The highest BCUT2D eigenvalue weighted by Gasteiger charge is 2.21. The van der Waals surface area contributed by atoms with Crippen LogP contribution in [0.4, 0.5) is 0 Å². The molecule has 0 aromatic heterocycles. The molecule has 2 rings (SSSR count). The van der Waals surface area contributed by atoms with Crippen LogP contribution in [0.1, 0.15) is 32.3 Å². The standard InChI is InChI=1S/C18H26N2O/c1-15(2)20-12-6-9-17(14-20)13-19-18(21)11-10-16-7-4-3-5-8-16/h3-5,7-8,10-11,15,17H,6,9,12-14H2,1-2H3,(H,19,21)/b11-10-/t17-/m0/s1. The number of carbonyl (C=O) groups is 1. The maximum Gasteiger partial charge on any atom is 0.244 e. The van der Waals surface area contributed by atoms with Crippen molar-refractivity contribution in [2.45, 2.75) is 32.7 Å². The van der Waals surface area contributed by atoms with E-state index < -0.39 is 0 Å². The van der Waals surface area contributed by atoms with Crippen molar-refractivity contribution < 1.29 is 4.79 Å². The first kappa shape index (κ1) is 15.8. The second-order valence-corrected chi connectivity index (χ2v) is 6.09. The first-order valence-corrected chi connectivity index (χ1v) is 7.90. The van der Waals surface area contributed by atoms with E-state index in [0.29, 0.717) is 12.0 Å². The third-order valence-corrected chi connectivity index (χ3v) is 4.07. The summed E-state index contributed by atoms with van der Waals surface area (Å²) in [5.74, 6) is 0.579. The molecule has 0 unspecified atom stereocenters. The quantitative estimate of drug-likeness (QED) is 0.844. The molecular weight excluding hydrogens is 260 g/mol. The van der Waals surface area contributed by atoms with Crippen LogP contribution in [0.15, 0.2) is 36.4 Å². The average molecular weight is 286 g/mol. The molecule has 1 aromatic carbocycles. The largest absolute Gasteiger partial charge is 0.352 e. The molecule has 1 atom stereocenters. The number of benzene rings is 1. The number of likely N-dealkylation sites (tertiary alicyclic amines) is 1. The molecule has 1 N–H and O–H groups in total. The van der Waals surface area contributed by atoms with Crippen LogP contribution < -0.4 is 5.32 Å². The number of nitrogens with zero attached hydrogens (tertiary/aromatic N) is 1. The number of carbonyl (C=O) groups excluding carboxylic acids is 1. The summed E-state index contributed by atoms with van der Waals surface area (Å²) < 4.78 is 0. The first-order valence-electron chi connectivity index (χ1n) is 7.90. The van der Waals surface area contributed by atoms with Crippen LogP contribution in [-0.4, -0.2) is 36.5 Å². The molecule has 1 saturated heterocycles. The molecule has 0 aliphatic carbocycles. The SMILES string of the molecule is CC(C)N1CCC[C@@H](CNC(=O)/C=C\c2ccccc2)C1. The third kappa shape index (κ3) is 5.35. The molecule has 1 heterocycles. The summed E-state index contributed by atoms with van der Waals surface area (Å²) in [6.45, 7) is 7.55. The lowest BCUT2D eigenvalue weighted by atomic mass is 9.97. The van der Waals surface area contributed by atoms with Crippen molar-refractivity contribution in [1.29, 1.82) is 0 Å². The van der Waals surface area contributed by atoms with Crippen LogP contribution in [-0.2, 0) is 4.79 Å². The highest BCUT2D eigenvalue weighted by Crippen LogP contribution is 2.17. The number of piperidine rings is 1. The highest BCUT2D eigenvalue weighted by atomic mass is 16.1. The van der Waals surface area contributed by atoms with Gasteiger partial charge in [0.2, 0.25) is 5.91 Å². The molecular formula is C18H26N2O. The molecule has 1 aliphatic heterocycles. The Hall–Kier alpha value is -1.61. The maximum atomic E-state index is 11.9. The van der Waals surface area contributed by atoms with Gasteiger partial charge in [-0.1, -0.05) is 30.3 Å². The Bertz CT molecular complexity index is 467. The lowest BCUT2D eigenvalue weighted by Crippen LogP contribution is -2.43. The minimum atomic E-state index is 0.000485. The van der Waals surface area contributed by atoms with Crippen molar-refractivity contribution in [1.82, 2.24) is 10.2 Å². The van der Waals surface area contributed by atoms with E-state index in [4.69, 9.17) is 0 Å². The van der Waals surface area contributed by atoms with E-state index in [1.165, 1.54) is 19.4 Å². The number of amides is 1. The second kappa shape index (κ2) is 7.99. The van der Waals surface area contributed by atoms with Crippen LogP contribution in [0.25, 0.3) is 6.08 Å². The van der Waals surface area contributed by atoms with Gasteiger partial charge < -0.3 is 10.2 Å². The Labute approximate surface area is 128 Å². The van der Waals surface area contributed by atoms with E-state index in [2.05, 4.69) is 24.1 Å². The van der Waals surface area contributed by atoms with Gasteiger partial charge >= 0.3 is 0 Å². The second-order valence-electron chi connectivity index (χ2n) is 6.09. The van der Waals surface area contributed by atoms with Crippen LogP contribution in [0.5, 0.6) is 0 Å². The first-order chi connectivity index (χ1) is 10.1. The van der Waals surface area contributed by atoms with Crippen LogP contribution in [0.3, 0.4) is 0 Å². The van der Waals surface area contributed by atoms with Gasteiger partial charge in [-0.3, -0.25) is 4.79 Å². The fraction of sp³-hybridized carbons (Fsp3) is 0.500. The number of hydrogen-bond donors (Lipinski definition) is 1. The van der Waals surface area contributed by atoms with Crippen molar-refractivity contribution in [2.75, 3.05) is 19.6 Å². The number of hydrogen-bond acceptors (Lipinski definition) is 2. The molecule has 1 amide bonds. The summed E-state index contributed by atoms with van der Waals surface area (Å²) in [5.41, 5.74) is 1.05. The monoisotopic (exact) mass is 286 g/mol. The lowest BCUT2D eigenvalue weighted by Gasteiger charge is -2.35. The lowest BCUT2D eigenvalue weighted by molar-refractivity contribution is -0.116. The zero-order valence-electron chi connectivity index (χ0n) is 13.1. The topological polar surface area (TPSA) is 32.3 Å². The van der Waals surface area contributed by atoms with E-state index >= 15 is 0 Å². The van der Waals surface area contributed by atoms with Gasteiger partial charge in [0.05, 0.1) is 0 Å². The minimum absolute atomic E-state index is 0.000485. The summed E-state index contributed by atoms with van der Waals surface area (Å²) in [5, 5.41) is 3.03. The predicted octanol–water partition coefficient (Wildman–Crippen LogP) is 2.94. The number of rotatable bonds is 5. The zero-order valence-corrected chi connectivity index (χ0v) is 13.1. The van der Waals surface area contributed by atoms with Crippen molar-refractivity contribution in [3.05, 3.63) is 42.0 Å². The number of nitrogens with one attached hydrogen (secondary N) is 1. The van der Waals surface area contributed by atoms with Crippen molar-refractivity contribution in [2.24, 2.45) is 5.92 Å². The van der Waals surface area contributed by atoms with Crippen molar-refractivity contribution in [3.8, 4) is 0 Å². The normalized spacial score (nSPS) is 20.0. The fourth-order valence-corrected chi connectivity index (χ4v) is 2.77. The smallest absolute Gasteiger partial charge is 0.244 e. The molecule has 0 bridgehead atoms. The predicted molar refractivity (Wildman–Crippen MR) is 87.9 cm³/mol. The van der Waals surface area contributed by atoms with Crippen LogP contribution in [0, 0.1) is 5.92 Å². The molecule has 0 saturated carbocycles. The maximum absolute atomic E-state index is 11.9. The molecule has 114 valence electrons. The van der Waals surface area contributed by atoms with Crippen molar-refractivity contribution in [3.63, 3.8) is 0 Å². The Morgan fingerprint density at radius 3 is 2.86 bits per heavy atom. The van der Waals surface area contributed by atoms with E-state index in [1.54, 1.807) is 6.08 Å². The van der Waals surface area contributed by atoms with Gasteiger partial charge in [0.1, 0.15) is 0 Å². The van der Waals surface area contributed by atoms with E-state index in [9.17, 15) is 4.79 Å². The van der Waals surface area contributed by atoms with Gasteiger partial charge in [-0.05, 0) is 50.8 Å². The van der Waals surface area contributed by atoms with Gasteiger partial charge in [-0.15, -0.1) is 0 Å². The molecule has 1 aliphatic rings. The van der Waals surface area contributed by atoms with Gasteiger partial charge in [0.25, 0.3) is 0 Å². The summed E-state index contributed by atoms with van der Waals surface area (Å²) in [6, 6.07) is 10.5. The Balaban J connectivity index is 1.75. The molecule has 3 nitrogen and oxygen atoms in total. The molecule has 0 spiro atoms. The van der Waals surface area contributed by atoms with Crippen LogP contribution in [0.2, 0.25) is 0 Å². The molecule has 1 fully saturated rings. The van der Waals surface area contributed by atoms with Gasteiger partial charge in [-0.2, -0.15) is 0 Å². The summed E-state index contributed by atoms with van der Waals surface area (Å²) in [7, 11) is 0. The Morgan fingerprint density at radius 2 is 2.14 bits per heavy atom. The van der Waals surface area contributed by atoms with E-state index in [-0.39, 0.29) is 5.91 Å². The summed E-state index contributed by atoms with van der Waals surface area (Å²) in [4.78, 5) is 14.4. The van der Waals surface area contributed by atoms with Gasteiger partial charge in [-0.25, -0.2) is 0 Å². The summed E-state index contributed by atoms with van der Waals surface area (Å²) in [6.07, 6.45) is 5.93. The summed E-state index contributed by atoms with van der Waals surface area (Å²) >= 11 is 0. The molecule has 21 heavy (non-hydrogen) atoms. The van der Waals surface area contributed by atoms with Crippen LogP contribution >= 0.6 is 0 Å². The highest BCUT2D eigenvalue weighted by molar-refractivity contribution is 5.91. The third-order valence-electron chi connectivity index (χ3n) is 4.07. The average Bonchev–Trinajstić information content (AvgIpc) is 2.52. The molecule has 1 aromatic rings. The van der Waals surface area contributed by atoms with E-state index in [1.807, 2.05) is 36.4 Å². The van der Waals surface area contributed by atoms with Gasteiger partial charge in [0, 0.05) is 25.2 Å². The minimum Gasteiger partial charge on any atom is -0.352 e. The fourth-order valence-electron chi connectivity index (χ4n) is 2.77. The Morgan fingerprint density at radius 1 is 1.38 bits per heavy atom. The van der Waals surface area contributed by atoms with E-state index in [0.717, 1.165) is 18.7 Å².